The van der Waals surface area contributed by atoms with E-state index >= 15 is 0 Å². The van der Waals surface area contributed by atoms with E-state index in [2.05, 4.69) is 53.9 Å². The third-order valence-electron chi connectivity index (χ3n) is 3.43. The molecule has 0 aromatic heterocycles. The van der Waals surface area contributed by atoms with E-state index in [-0.39, 0.29) is 0 Å². The Kier molecular flexibility index (Phi) is 2.93. The lowest BCUT2D eigenvalue weighted by Crippen LogP contribution is -2.22. The maximum absolute atomic E-state index is 3.40. The second-order valence-electron chi connectivity index (χ2n) is 4.62. The molecule has 2 aromatic rings. The molecule has 0 radical (unpaired) electrons. The van der Waals surface area contributed by atoms with E-state index in [0.29, 0.717) is 0 Å². The molecule has 0 bridgehead atoms. The van der Waals surface area contributed by atoms with Gasteiger partial charge in [0.1, 0.15) is 0 Å². The summed E-state index contributed by atoms with van der Waals surface area (Å²) in [5.41, 5.74) is 2.93. The lowest BCUT2D eigenvalue weighted by atomic mass is 9.98. The predicted molar refractivity (Wildman–Crippen MR) is 74.0 cm³/mol. The van der Waals surface area contributed by atoms with E-state index in [9.17, 15) is 0 Å². The molecular weight excluding hydrogens is 206 g/mol. The van der Waals surface area contributed by atoms with E-state index in [1.165, 1.54) is 29.2 Å². The van der Waals surface area contributed by atoms with Crippen molar-refractivity contribution in [3.05, 3.63) is 53.6 Å². The highest BCUT2D eigenvalue weighted by atomic mass is 14.9. The molecule has 1 N–H and O–H groups in total. The van der Waals surface area contributed by atoms with E-state index in [1.807, 2.05) is 0 Å². The van der Waals surface area contributed by atoms with Crippen LogP contribution in [0, 0.1) is 0 Å². The molecule has 0 unspecified atom stereocenters. The van der Waals surface area contributed by atoms with Gasteiger partial charge in [0, 0.05) is 0 Å². The first-order valence-electron chi connectivity index (χ1n) is 6.31. The zero-order valence-electron chi connectivity index (χ0n) is 9.95. The summed E-state index contributed by atoms with van der Waals surface area (Å²) < 4.78 is 0. The predicted octanol–water partition coefficient (Wildman–Crippen LogP) is 3.61. The minimum Gasteiger partial charge on any atom is -0.316 e. The fourth-order valence-corrected chi connectivity index (χ4v) is 2.49. The number of fused-ring (bicyclic) bond motifs is 1. The maximum atomic E-state index is 3.40. The largest absolute Gasteiger partial charge is 0.316 e. The van der Waals surface area contributed by atoms with Gasteiger partial charge in [-0.25, -0.2) is 0 Å². The van der Waals surface area contributed by atoms with Crippen molar-refractivity contribution in [2.45, 2.75) is 12.8 Å². The van der Waals surface area contributed by atoms with Crippen molar-refractivity contribution >= 4 is 16.8 Å². The Hall–Kier alpha value is -1.60. The summed E-state index contributed by atoms with van der Waals surface area (Å²) in [7, 11) is 0. The summed E-state index contributed by atoms with van der Waals surface area (Å²) in [6, 6.07) is 15.2. The van der Waals surface area contributed by atoms with Gasteiger partial charge in [-0.2, -0.15) is 0 Å². The van der Waals surface area contributed by atoms with Gasteiger partial charge >= 0.3 is 0 Å². The van der Waals surface area contributed by atoms with Crippen LogP contribution in [0.15, 0.2) is 48.0 Å². The molecule has 0 atom stereocenters. The smallest absolute Gasteiger partial charge is 0.00113 e. The number of hydrogen-bond acceptors (Lipinski definition) is 1. The Morgan fingerprint density at radius 1 is 0.882 bits per heavy atom. The molecule has 0 saturated carbocycles. The molecule has 0 amide bonds. The van der Waals surface area contributed by atoms with Crippen molar-refractivity contribution in [3.8, 4) is 0 Å². The summed E-state index contributed by atoms with van der Waals surface area (Å²) in [6.07, 6.45) is 4.75. The van der Waals surface area contributed by atoms with Crippen LogP contribution >= 0.6 is 0 Å². The molecular formula is C16H17N. The van der Waals surface area contributed by atoms with Crippen molar-refractivity contribution in [3.63, 3.8) is 0 Å². The Labute approximate surface area is 102 Å². The van der Waals surface area contributed by atoms with Crippen LogP contribution in [0.3, 0.4) is 0 Å². The molecule has 1 aliphatic rings. The van der Waals surface area contributed by atoms with Crippen molar-refractivity contribution in [1.29, 1.82) is 0 Å². The number of hydrogen-bond donors (Lipinski definition) is 1. The van der Waals surface area contributed by atoms with Crippen LogP contribution in [-0.2, 0) is 0 Å². The summed E-state index contributed by atoms with van der Waals surface area (Å²) >= 11 is 0. The maximum Gasteiger partial charge on any atom is -0.00113 e. The molecule has 17 heavy (non-hydrogen) atoms. The number of rotatable bonds is 1. The van der Waals surface area contributed by atoms with Crippen LogP contribution < -0.4 is 5.32 Å². The molecule has 1 heteroatoms. The van der Waals surface area contributed by atoms with Crippen molar-refractivity contribution in [2.75, 3.05) is 13.1 Å². The number of benzene rings is 2. The lowest BCUT2D eigenvalue weighted by Gasteiger charge is -2.15. The molecule has 3 rings (SSSR count). The highest BCUT2D eigenvalue weighted by Gasteiger charge is 2.05. The summed E-state index contributed by atoms with van der Waals surface area (Å²) in [5, 5.41) is 6.09. The minimum atomic E-state index is 1.12. The Balaban J connectivity index is 2.05. The van der Waals surface area contributed by atoms with Crippen LogP contribution in [0.4, 0.5) is 0 Å². The monoisotopic (exact) mass is 223 g/mol. The van der Waals surface area contributed by atoms with Gasteiger partial charge < -0.3 is 5.32 Å². The van der Waals surface area contributed by atoms with Gasteiger partial charge in [0.2, 0.25) is 0 Å². The molecule has 1 saturated heterocycles. The van der Waals surface area contributed by atoms with Crippen LogP contribution in [0.2, 0.25) is 0 Å². The normalized spacial score (nSPS) is 16.1. The average molecular weight is 223 g/mol. The fraction of sp³-hybridized carbons (Fsp3) is 0.250. The van der Waals surface area contributed by atoms with Crippen molar-refractivity contribution in [1.82, 2.24) is 5.32 Å². The number of piperidine rings is 1. The molecule has 1 heterocycles. The molecule has 86 valence electrons. The van der Waals surface area contributed by atoms with Gasteiger partial charge in [-0.15, -0.1) is 0 Å². The van der Waals surface area contributed by atoms with Gasteiger partial charge in [0.15, 0.2) is 0 Å². The highest BCUT2D eigenvalue weighted by Crippen LogP contribution is 2.23. The summed E-state index contributed by atoms with van der Waals surface area (Å²) in [6.45, 7) is 2.24. The fourth-order valence-electron chi connectivity index (χ4n) is 2.49. The van der Waals surface area contributed by atoms with E-state index < -0.39 is 0 Å². The first kappa shape index (κ1) is 10.5. The van der Waals surface area contributed by atoms with Gasteiger partial charge in [-0.05, 0) is 42.3 Å². The van der Waals surface area contributed by atoms with Crippen LogP contribution in [0.25, 0.3) is 16.8 Å². The molecule has 1 aliphatic heterocycles. The molecule has 1 fully saturated rings. The van der Waals surface area contributed by atoms with Gasteiger partial charge in [-0.1, -0.05) is 54.1 Å². The minimum absolute atomic E-state index is 1.12. The van der Waals surface area contributed by atoms with Gasteiger partial charge in [0.05, 0.1) is 0 Å². The molecule has 2 aromatic carbocycles. The lowest BCUT2D eigenvalue weighted by molar-refractivity contribution is 0.613. The molecule has 1 nitrogen and oxygen atoms in total. The average Bonchev–Trinajstić information content (AvgIpc) is 2.40. The van der Waals surface area contributed by atoms with E-state index in [4.69, 9.17) is 0 Å². The van der Waals surface area contributed by atoms with Gasteiger partial charge in [-0.3, -0.25) is 0 Å². The second kappa shape index (κ2) is 4.72. The molecule has 0 spiro atoms. The van der Waals surface area contributed by atoms with Crippen LogP contribution in [-0.4, -0.2) is 13.1 Å². The SMILES string of the molecule is C(=C1CCNCC1)c1cccc2ccccc12. The zero-order valence-corrected chi connectivity index (χ0v) is 9.95. The topological polar surface area (TPSA) is 12.0 Å². The van der Waals surface area contributed by atoms with Crippen LogP contribution in [0.5, 0.6) is 0 Å². The van der Waals surface area contributed by atoms with Crippen molar-refractivity contribution in [2.24, 2.45) is 0 Å². The Bertz CT molecular complexity index is 541. The Morgan fingerprint density at radius 3 is 2.53 bits per heavy atom. The zero-order chi connectivity index (χ0) is 11.5. The van der Waals surface area contributed by atoms with E-state index in [1.54, 1.807) is 5.57 Å². The Morgan fingerprint density at radius 2 is 1.65 bits per heavy atom. The standard InChI is InChI=1S/C16H17N/c1-2-7-16-14(4-1)5-3-6-15(16)12-13-8-10-17-11-9-13/h1-7,12,17H,8-11H2. The quantitative estimate of drug-likeness (QED) is 0.778. The van der Waals surface area contributed by atoms with Gasteiger partial charge in [0.25, 0.3) is 0 Å². The van der Waals surface area contributed by atoms with E-state index in [0.717, 1.165) is 13.1 Å². The first-order valence-corrected chi connectivity index (χ1v) is 6.31. The second-order valence-corrected chi connectivity index (χ2v) is 4.62. The third kappa shape index (κ3) is 2.25. The molecule has 0 aliphatic carbocycles. The highest BCUT2D eigenvalue weighted by molar-refractivity contribution is 5.90. The first-order chi connectivity index (χ1) is 8.43. The number of nitrogens with one attached hydrogen (secondary N) is 1. The van der Waals surface area contributed by atoms with Crippen molar-refractivity contribution < 1.29 is 0 Å². The summed E-state index contributed by atoms with van der Waals surface area (Å²) in [5.74, 6) is 0. The van der Waals surface area contributed by atoms with Crippen LogP contribution in [0.1, 0.15) is 18.4 Å². The third-order valence-corrected chi connectivity index (χ3v) is 3.43. The summed E-state index contributed by atoms with van der Waals surface area (Å²) in [4.78, 5) is 0.